The van der Waals surface area contributed by atoms with Gasteiger partial charge in [-0.25, -0.2) is 0 Å². The van der Waals surface area contributed by atoms with Crippen LogP contribution in [-0.4, -0.2) is 15.8 Å². The van der Waals surface area contributed by atoms with Gasteiger partial charge in [0, 0.05) is 31.4 Å². The van der Waals surface area contributed by atoms with Crippen molar-refractivity contribution in [1.82, 2.24) is 15.1 Å². The van der Waals surface area contributed by atoms with Gasteiger partial charge in [-0.3, -0.25) is 4.68 Å². The van der Waals surface area contributed by atoms with E-state index < -0.39 is 0 Å². The zero-order valence-corrected chi connectivity index (χ0v) is 8.38. The topological polar surface area (TPSA) is 29.9 Å². The van der Waals surface area contributed by atoms with Crippen LogP contribution in [0.2, 0.25) is 0 Å². The average molecular weight is 179 g/mol. The molecule has 1 heterocycles. The van der Waals surface area contributed by atoms with E-state index in [1.54, 1.807) is 0 Å². The molecule has 0 atom stereocenters. The first-order chi connectivity index (χ1) is 6.25. The molecular weight excluding hydrogens is 162 g/mol. The average Bonchev–Trinajstić information content (AvgIpc) is 2.27. The second kappa shape index (κ2) is 3.50. The van der Waals surface area contributed by atoms with Crippen LogP contribution in [0.25, 0.3) is 0 Å². The zero-order chi connectivity index (χ0) is 9.26. The highest BCUT2D eigenvalue weighted by molar-refractivity contribution is 5.14. The molecule has 0 bridgehead atoms. The number of hydrogen-bond donors (Lipinski definition) is 1. The van der Waals surface area contributed by atoms with Gasteiger partial charge in [0.05, 0.1) is 5.69 Å². The van der Waals surface area contributed by atoms with Crippen LogP contribution < -0.4 is 5.32 Å². The van der Waals surface area contributed by atoms with Crippen LogP contribution in [0, 0.1) is 6.92 Å². The Morgan fingerprint density at radius 3 is 2.85 bits per heavy atom. The van der Waals surface area contributed by atoms with Crippen LogP contribution in [0.15, 0.2) is 6.20 Å². The molecule has 3 nitrogen and oxygen atoms in total. The van der Waals surface area contributed by atoms with E-state index >= 15 is 0 Å². The van der Waals surface area contributed by atoms with Gasteiger partial charge in [-0.1, -0.05) is 6.42 Å². The maximum Gasteiger partial charge on any atom is 0.0638 e. The highest BCUT2D eigenvalue weighted by Crippen LogP contribution is 2.18. The summed E-state index contributed by atoms with van der Waals surface area (Å²) < 4.78 is 1.88. The number of nitrogens with zero attached hydrogens (tertiary/aromatic N) is 2. The number of hydrogen-bond acceptors (Lipinski definition) is 2. The molecule has 0 saturated heterocycles. The van der Waals surface area contributed by atoms with Crippen LogP contribution in [0.5, 0.6) is 0 Å². The second-order valence-electron chi connectivity index (χ2n) is 3.92. The van der Waals surface area contributed by atoms with Gasteiger partial charge in [0.15, 0.2) is 0 Å². The summed E-state index contributed by atoms with van der Waals surface area (Å²) in [6, 6.07) is 0.764. The predicted octanol–water partition coefficient (Wildman–Crippen LogP) is 1.37. The third kappa shape index (κ3) is 1.91. The Hall–Kier alpha value is -0.830. The van der Waals surface area contributed by atoms with E-state index in [0.717, 1.165) is 18.3 Å². The van der Waals surface area contributed by atoms with E-state index in [0.29, 0.717) is 0 Å². The molecule has 1 N–H and O–H groups in total. The highest BCUT2D eigenvalue weighted by atomic mass is 15.2. The minimum absolute atomic E-state index is 0.764. The molecule has 1 aromatic heterocycles. The van der Waals surface area contributed by atoms with E-state index in [4.69, 9.17) is 0 Å². The lowest BCUT2D eigenvalue weighted by Gasteiger charge is -2.26. The maximum absolute atomic E-state index is 4.31. The molecule has 0 aromatic carbocycles. The first-order valence-electron chi connectivity index (χ1n) is 4.98. The molecule has 3 heteroatoms. The highest BCUT2D eigenvalue weighted by Gasteiger charge is 2.16. The van der Waals surface area contributed by atoms with Gasteiger partial charge in [-0.2, -0.15) is 5.10 Å². The van der Waals surface area contributed by atoms with Gasteiger partial charge in [0.25, 0.3) is 0 Å². The molecule has 13 heavy (non-hydrogen) atoms. The Morgan fingerprint density at radius 2 is 2.38 bits per heavy atom. The third-order valence-corrected chi connectivity index (χ3v) is 2.80. The van der Waals surface area contributed by atoms with E-state index in [1.165, 1.54) is 24.8 Å². The number of nitrogens with one attached hydrogen (secondary N) is 1. The summed E-state index contributed by atoms with van der Waals surface area (Å²) in [7, 11) is 1.97. The summed E-state index contributed by atoms with van der Waals surface area (Å²) in [6.07, 6.45) is 6.18. The van der Waals surface area contributed by atoms with Crippen molar-refractivity contribution in [3.63, 3.8) is 0 Å². The van der Waals surface area contributed by atoms with Crippen molar-refractivity contribution in [2.24, 2.45) is 7.05 Å². The first-order valence-corrected chi connectivity index (χ1v) is 4.98. The Kier molecular flexibility index (Phi) is 2.36. The van der Waals surface area contributed by atoms with Crippen LogP contribution in [-0.2, 0) is 13.6 Å². The molecule has 1 aliphatic rings. The molecule has 1 fully saturated rings. The van der Waals surface area contributed by atoms with Gasteiger partial charge in [-0.15, -0.1) is 0 Å². The van der Waals surface area contributed by atoms with Crippen molar-refractivity contribution >= 4 is 0 Å². The Labute approximate surface area is 79.1 Å². The van der Waals surface area contributed by atoms with E-state index in [1.807, 2.05) is 11.7 Å². The summed E-state index contributed by atoms with van der Waals surface area (Å²) in [6.45, 7) is 3.04. The summed E-state index contributed by atoms with van der Waals surface area (Å²) in [5, 5.41) is 7.85. The zero-order valence-electron chi connectivity index (χ0n) is 8.38. The van der Waals surface area contributed by atoms with Crippen LogP contribution in [0.3, 0.4) is 0 Å². The summed E-state index contributed by atoms with van der Waals surface area (Å²) >= 11 is 0. The van der Waals surface area contributed by atoms with Crippen LogP contribution in [0.1, 0.15) is 30.5 Å². The van der Waals surface area contributed by atoms with Crippen LogP contribution >= 0.6 is 0 Å². The summed E-state index contributed by atoms with van der Waals surface area (Å²) in [4.78, 5) is 0. The largest absolute Gasteiger partial charge is 0.310 e. The third-order valence-electron chi connectivity index (χ3n) is 2.80. The van der Waals surface area contributed by atoms with Crippen molar-refractivity contribution in [2.75, 3.05) is 0 Å². The molecule has 1 saturated carbocycles. The van der Waals surface area contributed by atoms with Gasteiger partial charge < -0.3 is 5.32 Å². The van der Waals surface area contributed by atoms with Gasteiger partial charge >= 0.3 is 0 Å². The second-order valence-corrected chi connectivity index (χ2v) is 3.92. The molecule has 1 aromatic rings. The Bertz CT molecular complexity index is 286. The predicted molar refractivity (Wildman–Crippen MR) is 52.4 cm³/mol. The molecule has 0 spiro atoms. The molecule has 0 radical (unpaired) electrons. The minimum Gasteiger partial charge on any atom is -0.310 e. The molecule has 0 amide bonds. The minimum atomic E-state index is 0.764. The fourth-order valence-electron chi connectivity index (χ4n) is 1.69. The van der Waals surface area contributed by atoms with Crippen molar-refractivity contribution in [3.8, 4) is 0 Å². The van der Waals surface area contributed by atoms with Gasteiger partial charge in [-0.05, 0) is 19.8 Å². The fourth-order valence-corrected chi connectivity index (χ4v) is 1.69. The van der Waals surface area contributed by atoms with Crippen molar-refractivity contribution in [2.45, 2.75) is 38.8 Å². The van der Waals surface area contributed by atoms with Crippen molar-refractivity contribution in [1.29, 1.82) is 0 Å². The SMILES string of the molecule is Cc1nn(C)cc1CNC1CCC1. The summed E-state index contributed by atoms with van der Waals surface area (Å²) in [5.41, 5.74) is 2.48. The Morgan fingerprint density at radius 1 is 1.62 bits per heavy atom. The first kappa shape index (κ1) is 8.75. The van der Waals surface area contributed by atoms with E-state index in [2.05, 4.69) is 23.5 Å². The summed E-state index contributed by atoms with van der Waals surface area (Å²) in [5.74, 6) is 0. The lowest BCUT2D eigenvalue weighted by molar-refractivity contribution is 0.338. The van der Waals surface area contributed by atoms with E-state index in [9.17, 15) is 0 Å². The van der Waals surface area contributed by atoms with Crippen LogP contribution in [0.4, 0.5) is 0 Å². The lowest BCUT2D eigenvalue weighted by atomic mass is 9.93. The smallest absolute Gasteiger partial charge is 0.0638 e. The number of aromatic nitrogens is 2. The quantitative estimate of drug-likeness (QED) is 0.759. The Balaban J connectivity index is 1.89. The molecular formula is C10H17N3. The van der Waals surface area contributed by atoms with E-state index in [-0.39, 0.29) is 0 Å². The molecule has 2 rings (SSSR count). The van der Waals surface area contributed by atoms with Gasteiger partial charge in [0.2, 0.25) is 0 Å². The molecule has 72 valence electrons. The fraction of sp³-hybridized carbons (Fsp3) is 0.700. The molecule has 0 unspecified atom stereocenters. The normalized spacial score (nSPS) is 17.4. The maximum atomic E-state index is 4.31. The molecule has 1 aliphatic carbocycles. The monoisotopic (exact) mass is 179 g/mol. The standard InChI is InChI=1S/C10H17N3/c1-8-9(7-13(2)12-8)6-11-10-4-3-5-10/h7,10-11H,3-6H2,1-2H3. The van der Waals surface area contributed by atoms with Crippen molar-refractivity contribution in [3.05, 3.63) is 17.5 Å². The number of aryl methyl sites for hydroxylation is 2. The number of rotatable bonds is 3. The molecule has 0 aliphatic heterocycles. The van der Waals surface area contributed by atoms with Crippen molar-refractivity contribution < 1.29 is 0 Å². The van der Waals surface area contributed by atoms with Gasteiger partial charge in [0.1, 0.15) is 0 Å². The lowest BCUT2D eigenvalue weighted by Crippen LogP contribution is -2.34.